The van der Waals surface area contributed by atoms with E-state index >= 15 is 0 Å². The molecule has 0 saturated heterocycles. The van der Waals surface area contributed by atoms with Crippen LogP contribution in [0.3, 0.4) is 0 Å². The molecule has 0 aromatic heterocycles. The van der Waals surface area contributed by atoms with Crippen molar-refractivity contribution in [3.8, 4) is 0 Å². The zero-order valence-corrected chi connectivity index (χ0v) is 12.2. The van der Waals surface area contributed by atoms with Gasteiger partial charge in [0, 0.05) is 12.1 Å². The summed E-state index contributed by atoms with van der Waals surface area (Å²) in [4.78, 5) is 0. The summed E-state index contributed by atoms with van der Waals surface area (Å²) in [5, 5.41) is 3.36. The van der Waals surface area contributed by atoms with E-state index in [-0.39, 0.29) is 18.8 Å². The van der Waals surface area contributed by atoms with Crippen molar-refractivity contribution in [2.75, 3.05) is 6.61 Å². The van der Waals surface area contributed by atoms with Crippen LogP contribution in [-0.2, 0) is 17.9 Å². The highest BCUT2D eigenvalue weighted by Gasteiger charge is 2.26. The van der Waals surface area contributed by atoms with E-state index in [0.717, 1.165) is 11.1 Å². The predicted octanol–water partition coefficient (Wildman–Crippen LogP) is 4.04. The maximum Gasteiger partial charge on any atom is 0.391 e. The molecule has 0 aliphatic heterocycles. The minimum absolute atomic E-state index is 0.00967. The number of ether oxygens (including phenoxy) is 1. The van der Waals surface area contributed by atoms with Crippen molar-refractivity contribution in [2.24, 2.45) is 0 Å². The minimum Gasteiger partial charge on any atom is -0.376 e. The van der Waals surface area contributed by atoms with Crippen LogP contribution in [-0.4, -0.2) is 18.3 Å². The van der Waals surface area contributed by atoms with E-state index in [4.69, 9.17) is 4.74 Å². The molecule has 0 aliphatic rings. The molecule has 0 fully saturated rings. The number of halogens is 3. The Morgan fingerprint density at radius 3 is 2.20 bits per heavy atom. The molecule has 0 radical (unpaired) electrons. The van der Waals surface area contributed by atoms with Crippen molar-refractivity contribution in [3.05, 3.63) is 35.4 Å². The smallest absolute Gasteiger partial charge is 0.376 e. The lowest BCUT2D eigenvalue weighted by molar-refractivity contribution is -0.146. The summed E-state index contributed by atoms with van der Waals surface area (Å²) < 4.78 is 41.2. The lowest BCUT2D eigenvalue weighted by Crippen LogP contribution is -2.35. The first kappa shape index (κ1) is 17.0. The van der Waals surface area contributed by atoms with E-state index in [1.54, 1.807) is 0 Å². The van der Waals surface area contributed by atoms with Gasteiger partial charge >= 0.3 is 6.18 Å². The predicted molar refractivity (Wildman–Crippen MR) is 73.4 cm³/mol. The molecule has 0 atom stereocenters. The quantitative estimate of drug-likeness (QED) is 0.798. The molecule has 0 spiro atoms. The highest BCUT2D eigenvalue weighted by Crippen LogP contribution is 2.19. The van der Waals surface area contributed by atoms with Crippen molar-refractivity contribution in [2.45, 2.75) is 52.1 Å². The molecule has 0 heterocycles. The summed E-state index contributed by atoms with van der Waals surface area (Å²) >= 11 is 0. The van der Waals surface area contributed by atoms with E-state index in [9.17, 15) is 13.2 Å². The van der Waals surface area contributed by atoms with E-state index in [0.29, 0.717) is 6.54 Å². The van der Waals surface area contributed by atoms with Gasteiger partial charge in [-0.15, -0.1) is 0 Å². The van der Waals surface area contributed by atoms with E-state index in [1.165, 1.54) is 0 Å². The normalized spacial score (nSPS) is 12.7. The molecule has 5 heteroatoms. The van der Waals surface area contributed by atoms with E-state index < -0.39 is 12.6 Å². The van der Waals surface area contributed by atoms with Gasteiger partial charge in [0.15, 0.2) is 0 Å². The Bertz CT molecular complexity index is 410. The number of hydrogen-bond donors (Lipinski definition) is 1. The van der Waals surface area contributed by atoms with Gasteiger partial charge < -0.3 is 10.1 Å². The number of nitrogens with one attached hydrogen (secondary N) is 1. The van der Waals surface area contributed by atoms with Gasteiger partial charge in [0.2, 0.25) is 0 Å². The fourth-order valence-electron chi connectivity index (χ4n) is 1.60. The van der Waals surface area contributed by atoms with Crippen LogP contribution < -0.4 is 5.32 Å². The van der Waals surface area contributed by atoms with Crippen LogP contribution in [0.4, 0.5) is 13.2 Å². The molecule has 2 nitrogen and oxygen atoms in total. The van der Waals surface area contributed by atoms with E-state index in [2.05, 4.69) is 26.1 Å². The summed E-state index contributed by atoms with van der Waals surface area (Å²) in [6.07, 6.45) is -5.07. The Balaban J connectivity index is 2.49. The lowest BCUT2D eigenvalue weighted by atomic mass is 10.1. The Kier molecular flexibility index (Phi) is 6.02. The monoisotopic (exact) mass is 289 g/mol. The molecule has 20 heavy (non-hydrogen) atoms. The Hall–Kier alpha value is -1.07. The summed E-state index contributed by atoms with van der Waals surface area (Å²) in [6, 6.07) is 7.62. The second-order valence-corrected chi connectivity index (χ2v) is 5.79. The number of alkyl halides is 3. The maximum atomic E-state index is 12.0. The summed E-state index contributed by atoms with van der Waals surface area (Å²) in [7, 11) is 0. The summed E-state index contributed by atoms with van der Waals surface area (Å²) in [6.45, 7) is 6.77. The molecule has 114 valence electrons. The Morgan fingerprint density at radius 2 is 1.65 bits per heavy atom. The van der Waals surface area contributed by atoms with Crippen molar-refractivity contribution in [1.82, 2.24) is 5.32 Å². The lowest BCUT2D eigenvalue weighted by Gasteiger charge is -2.21. The third kappa shape index (κ3) is 7.50. The average molecular weight is 289 g/mol. The van der Waals surface area contributed by atoms with Crippen LogP contribution in [0.2, 0.25) is 0 Å². The fraction of sp³-hybridized carbons (Fsp3) is 0.600. The molecule has 1 aromatic carbocycles. The molecule has 0 saturated carbocycles. The number of rotatable bonds is 6. The van der Waals surface area contributed by atoms with Gasteiger partial charge in [-0.2, -0.15) is 13.2 Å². The van der Waals surface area contributed by atoms with Crippen LogP contribution >= 0.6 is 0 Å². The van der Waals surface area contributed by atoms with Gasteiger partial charge in [0.25, 0.3) is 0 Å². The highest BCUT2D eigenvalue weighted by atomic mass is 19.4. The van der Waals surface area contributed by atoms with Gasteiger partial charge in [-0.05, 0) is 31.9 Å². The zero-order valence-electron chi connectivity index (χ0n) is 12.2. The van der Waals surface area contributed by atoms with Crippen LogP contribution in [0.15, 0.2) is 24.3 Å². The molecule has 1 aromatic rings. The standard InChI is InChI=1S/C15H22F3NO/c1-14(2,3)19-10-12-6-4-5-7-13(12)11-20-9-8-15(16,17)18/h4-7,19H,8-11H2,1-3H3. The molecule has 0 bridgehead atoms. The number of hydrogen-bond acceptors (Lipinski definition) is 2. The van der Waals surface area contributed by atoms with Crippen LogP contribution in [0.1, 0.15) is 38.3 Å². The number of benzene rings is 1. The summed E-state index contributed by atoms with van der Waals surface area (Å²) in [5.41, 5.74) is 1.96. The second kappa shape index (κ2) is 7.09. The third-order valence-electron chi connectivity index (χ3n) is 2.71. The maximum absolute atomic E-state index is 12.0. The molecule has 1 rings (SSSR count). The second-order valence-electron chi connectivity index (χ2n) is 5.79. The molecular weight excluding hydrogens is 267 g/mol. The highest BCUT2D eigenvalue weighted by molar-refractivity contribution is 5.26. The molecule has 0 amide bonds. The molecule has 1 N–H and O–H groups in total. The van der Waals surface area contributed by atoms with Crippen LogP contribution in [0, 0.1) is 0 Å². The van der Waals surface area contributed by atoms with Gasteiger partial charge in [-0.3, -0.25) is 0 Å². The van der Waals surface area contributed by atoms with Crippen LogP contribution in [0.25, 0.3) is 0 Å². The third-order valence-corrected chi connectivity index (χ3v) is 2.71. The zero-order chi connectivity index (χ0) is 15.2. The SMILES string of the molecule is CC(C)(C)NCc1ccccc1COCCC(F)(F)F. The van der Waals surface area contributed by atoms with Gasteiger partial charge in [0.1, 0.15) is 0 Å². The topological polar surface area (TPSA) is 21.3 Å². The largest absolute Gasteiger partial charge is 0.391 e. The molecular formula is C15H22F3NO. The van der Waals surface area contributed by atoms with Gasteiger partial charge in [0.05, 0.1) is 19.6 Å². The fourth-order valence-corrected chi connectivity index (χ4v) is 1.60. The summed E-state index contributed by atoms with van der Waals surface area (Å²) in [5.74, 6) is 0. The average Bonchev–Trinajstić information content (AvgIpc) is 2.31. The Morgan fingerprint density at radius 1 is 1.05 bits per heavy atom. The first-order chi connectivity index (χ1) is 9.17. The van der Waals surface area contributed by atoms with Gasteiger partial charge in [-0.25, -0.2) is 0 Å². The molecule has 0 aliphatic carbocycles. The van der Waals surface area contributed by atoms with Crippen molar-refractivity contribution >= 4 is 0 Å². The first-order valence-corrected chi connectivity index (χ1v) is 6.64. The van der Waals surface area contributed by atoms with Crippen molar-refractivity contribution < 1.29 is 17.9 Å². The van der Waals surface area contributed by atoms with Gasteiger partial charge in [-0.1, -0.05) is 24.3 Å². The molecule has 0 unspecified atom stereocenters. The first-order valence-electron chi connectivity index (χ1n) is 6.64. The van der Waals surface area contributed by atoms with Crippen LogP contribution in [0.5, 0.6) is 0 Å². The minimum atomic E-state index is -4.16. The Labute approximate surface area is 118 Å². The van der Waals surface area contributed by atoms with Crippen molar-refractivity contribution in [3.63, 3.8) is 0 Å². The van der Waals surface area contributed by atoms with E-state index in [1.807, 2.05) is 24.3 Å². The van der Waals surface area contributed by atoms with Crippen molar-refractivity contribution in [1.29, 1.82) is 0 Å².